The molecule has 1 atom stereocenters. The lowest BCUT2D eigenvalue weighted by molar-refractivity contribution is 0.584. The van der Waals surface area contributed by atoms with E-state index in [2.05, 4.69) is 24.9 Å². The van der Waals surface area contributed by atoms with E-state index in [4.69, 9.17) is 5.26 Å². The predicted octanol–water partition coefficient (Wildman–Crippen LogP) is 3.02. The summed E-state index contributed by atoms with van der Waals surface area (Å²) in [5.41, 5.74) is 1.06. The zero-order chi connectivity index (χ0) is 10.0. The molecule has 13 heavy (non-hydrogen) atoms. The van der Waals surface area contributed by atoms with Crippen LogP contribution in [0.15, 0.2) is 0 Å². The maximum absolute atomic E-state index is 8.97. The third-order valence-electron chi connectivity index (χ3n) is 2.12. The van der Waals surface area contributed by atoms with Crippen molar-refractivity contribution in [1.82, 2.24) is 4.98 Å². The van der Waals surface area contributed by atoms with E-state index in [1.807, 2.05) is 13.8 Å². The molecular weight excluding hydrogens is 180 g/mol. The SMILES string of the molecule is Cc1nc(C(C#N)C(C)C)sc1C. The number of thiazole rings is 1. The number of hydrogen-bond donors (Lipinski definition) is 0. The van der Waals surface area contributed by atoms with Crippen LogP contribution in [0.2, 0.25) is 0 Å². The van der Waals surface area contributed by atoms with Crippen LogP contribution >= 0.6 is 11.3 Å². The zero-order valence-corrected chi connectivity index (χ0v) is 9.27. The first-order valence-corrected chi connectivity index (χ1v) is 5.21. The fraction of sp³-hybridized carbons (Fsp3) is 0.600. The highest BCUT2D eigenvalue weighted by atomic mass is 32.1. The molecule has 0 aliphatic carbocycles. The molecule has 0 aliphatic heterocycles. The molecule has 0 saturated carbocycles. The third kappa shape index (κ3) is 2.07. The van der Waals surface area contributed by atoms with E-state index in [0.717, 1.165) is 10.7 Å². The topological polar surface area (TPSA) is 36.7 Å². The van der Waals surface area contributed by atoms with Crippen LogP contribution in [0, 0.1) is 31.1 Å². The van der Waals surface area contributed by atoms with Crippen LogP contribution in [-0.2, 0) is 0 Å². The van der Waals surface area contributed by atoms with Gasteiger partial charge in [-0.3, -0.25) is 0 Å². The Morgan fingerprint density at radius 2 is 2.00 bits per heavy atom. The number of hydrogen-bond acceptors (Lipinski definition) is 3. The fourth-order valence-electron chi connectivity index (χ4n) is 1.12. The van der Waals surface area contributed by atoms with Gasteiger partial charge in [-0.1, -0.05) is 13.8 Å². The highest BCUT2D eigenvalue weighted by Gasteiger charge is 2.19. The standard InChI is InChI=1S/C10H14N2S/c1-6(2)9(5-11)10-12-7(3)8(4)13-10/h6,9H,1-4H3. The highest BCUT2D eigenvalue weighted by Crippen LogP contribution is 2.28. The van der Waals surface area contributed by atoms with Gasteiger partial charge in [-0.25, -0.2) is 4.98 Å². The normalized spacial score (nSPS) is 12.9. The molecule has 0 radical (unpaired) electrons. The monoisotopic (exact) mass is 194 g/mol. The van der Waals surface area contributed by atoms with Gasteiger partial charge in [-0.15, -0.1) is 11.3 Å². The molecule has 0 amide bonds. The Hall–Kier alpha value is -0.880. The van der Waals surface area contributed by atoms with Crippen molar-refractivity contribution in [3.05, 3.63) is 15.6 Å². The lowest BCUT2D eigenvalue weighted by Crippen LogP contribution is -2.03. The van der Waals surface area contributed by atoms with Gasteiger partial charge in [0.15, 0.2) is 0 Å². The number of aromatic nitrogens is 1. The third-order valence-corrected chi connectivity index (χ3v) is 3.27. The molecule has 0 aliphatic rings. The van der Waals surface area contributed by atoms with Gasteiger partial charge in [0.2, 0.25) is 0 Å². The molecule has 1 rings (SSSR count). The molecule has 2 nitrogen and oxygen atoms in total. The first-order valence-electron chi connectivity index (χ1n) is 4.39. The molecule has 0 aromatic carbocycles. The second kappa shape index (κ2) is 3.89. The Balaban J connectivity index is 3.00. The summed E-state index contributed by atoms with van der Waals surface area (Å²) in [6, 6.07) is 2.31. The van der Waals surface area contributed by atoms with Gasteiger partial charge in [-0.2, -0.15) is 5.26 Å². The summed E-state index contributed by atoms with van der Waals surface area (Å²) in [5, 5.41) is 9.93. The molecule has 1 aromatic heterocycles. The molecule has 1 aromatic rings. The van der Waals surface area contributed by atoms with E-state index in [0.29, 0.717) is 5.92 Å². The maximum atomic E-state index is 8.97. The van der Waals surface area contributed by atoms with Gasteiger partial charge in [0, 0.05) is 4.88 Å². The fourth-order valence-corrected chi connectivity index (χ4v) is 2.26. The smallest absolute Gasteiger partial charge is 0.111 e. The molecule has 0 N–H and O–H groups in total. The summed E-state index contributed by atoms with van der Waals surface area (Å²) in [6.45, 7) is 8.15. The molecule has 0 spiro atoms. The maximum Gasteiger partial charge on any atom is 0.111 e. The van der Waals surface area contributed by atoms with E-state index in [1.165, 1.54) is 4.88 Å². The average molecular weight is 194 g/mol. The van der Waals surface area contributed by atoms with Crippen molar-refractivity contribution in [2.45, 2.75) is 33.6 Å². The van der Waals surface area contributed by atoms with Crippen LogP contribution in [0.5, 0.6) is 0 Å². The van der Waals surface area contributed by atoms with E-state index in [9.17, 15) is 0 Å². The summed E-state index contributed by atoms with van der Waals surface area (Å²) >= 11 is 1.64. The molecule has 0 bridgehead atoms. The minimum Gasteiger partial charge on any atom is -0.245 e. The Kier molecular flexibility index (Phi) is 3.05. The lowest BCUT2D eigenvalue weighted by Gasteiger charge is -2.08. The summed E-state index contributed by atoms with van der Waals surface area (Å²) < 4.78 is 0. The van der Waals surface area contributed by atoms with Gasteiger partial charge < -0.3 is 0 Å². The first kappa shape index (κ1) is 10.2. The molecule has 0 fully saturated rings. The highest BCUT2D eigenvalue weighted by molar-refractivity contribution is 7.11. The molecule has 3 heteroatoms. The van der Waals surface area contributed by atoms with E-state index < -0.39 is 0 Å². The predicted molar refractivity (Wildman–Crippen MR) is 54.8 cm³/mol. The molecule has 0 saturated heterocycles. The van der Waals surface area contributed by atoms with Crippen LogP contribution in [0.3, 0.4) is 0 Å². The summed E-state index contributed by atoms with van der Waals surface area (Å²) in [7, 11) is 0. The largest absolute Gasteiger partial charge is 0.245 e. The molecule has 1 heterocycles. The van der Waals surface area contributed by atoms with Gasteiger partial charge in [0.25, 0.3) is 0 Å². The number of rotatable bonds is 2. The Morgan fingerprint density at radius 3 is 2.31 bits per heavy atom. The first-order chi connectivity index (χ1) is 6.06. The summed E-state index contributed by atoms with van der Waals surface area (Å²) in [5.74, 6) is 0.298. The van der Waals surface area contributed by atoms with Crippen molar-refractivity contribution in [2.24, 2.45) is 5.92 Å². The molecular formula is C10H14N2S. The zero-order valence-electron chi connectivity index (χ0n) is 8.46. The van der Waals surface area contributed by atoms with Crippen molar-refractivity contribution < 1.29 is 0 Å². The second-order valence-corrected chi connectivity index (χ2v) is 4.78. The molecule has 1 unspecified atom stereocenters. The number of nitriles is 1. The second-order valence-electron chi connectivity index (χ2n) is 3.54. The quantitative estimate of drug-likeness (QED) is 0.725. The van der Waals surface area contributed by atoms with E-state index in [-0.39, 0.29) is 5.92 Å². The van der Waals surface area contributed by atoms with Crippen LogP contribution in [-0.4, -0.2) is 4.98 Å². The van der Waals surface area contributed by atoms with Crippen molar-refractivity contribution >= 4 is 11.3 Å². The van der Waals surface area contributed by atoms with Crippen LogP contribution in [0.1, 0.15) is 35.3 Å². The minimum atomic E-state index is -0.0441. The minimum absolute atomic E-state index is 0.0441. The van der Waals surface area contributed by atoms with Gasteiger partial charge >= 0.3 is 0 Å². The van der Waals surface area contributed by atoms with E-state index >= 15 is 0 Å². The number of aryl methyl sites for hydroxylation is 2. The average Bonchev–Trinajstić information content (AvgIpc) is 2.32. The van der Waals surface area contributed by atoms with Crippen LogP contribution < -0.4 is 0 Å². The van der Waals surface area contributed by atoms with Gasteiger partial charge in [0.05, 0.1) is 11.8 Å². The Bertz CT molecular complexity index is 314. The van der Waals surface area contributed by atoms with Crippen LogP contribution in [0.25, 0.3) is 0 Å². The van der Waals surface area contributed by atoms with E-state index in [1.54, 1.807) is 11.3 Å². The number of nitrogens with zero attached hydrogens (tertiary/aromatic N) is 2. The van der Waals surface area contributed by atoms with Crippen LogP contribution in [0.4, 0.5) is 0 Å². The Morgan fingerprint density at radius 1 is 1.38 bits per heavy atom. The van der Waals surface area contributed by atoms with Gasteiger partial charge in [0.1, 0.15) is 10.9 Å². The van der Waals surface area contributed by atoms with Crippen molar-refractivity contribution in [2.75, 3.05) is 0 Å². The van der Waals surface area contributed by atoms with Gasteiger partial charge in [-0.05, 0) is 19.8 Å². The van der Waals surface area contributed by atoms with Crippen molar-refractivity contribution in [1.29, 1.82) is 5.26 Å². The summed E-state index contributed by atoms with van der Waals surface area (Å²) in [6.07, 6.45) is 0. The van der Waals surface area contributed by atoms with Crippen molar-refractivity contribution in [3.8, 4) is 6.07 Å². The summed E-state index contributed by atoms with van der Waals surface area (Å²) in [4.78, 5) is 5.62. The molecule has 70 valence electrons. The Labute approximate surface area is 83.2 Å². The van der Waals surface area contributed by atoms with Crippen molar-refractivity contribution in [3.63, 3.8) is 0 Å². The lowest BCUT2D eigenvalue weighted by atomic mass is 9.98.